The summed E-state index contributed by atoms with van der Waals surface area (Å²) in [4.78, 5) is 22.6. The highest BCUT2D eigenvalue weighted by atomic mass is 32.1. The number of thiazole rings is 2. The van der Waals surface area contributed by atoms with Crippen LogP contribution in [0.1, 0.15) is 20.9 Å². The number of halogens is 1. The molecule has 5 aromatic rings. The summed E-state index contributed by atoms with van der Waals surface area (Å²) < 4.78 is 13.2. The van der Waals surface area contributed by atoms with Crippen LogP contribution in [0.5, 0.6) is 0 Å². The van der Waals surface area contributed by atoms with E-state index in [2.05, 4.69) is 27.8 Å². The van der Waals surface area contributed by atoms with Crippen molar-refractivity contribution in [1.82, 2.24) is 15.3 Å². The van der Waals surface area contributed by atoms with Crippen LogP contribution in [0.2, 0.25) is 0 Å². The van der Waals surface area contributed by atoms with Crippen molar-refractivity contribution in [2.75, 3.05) is 0 Å². The van der Waals surface area contributed by atoms with Gasteiger partial charge in [-0.25, -0.2) is 14.4 Å². The number of aryl methyl sites for hydroxylation is 1. The largest absolute Gasteiger partial charge is 0.347 e. The van der Waals surface area contributed by atoms with Crippen LogP contribution in [0.3, 0.4) is 0 Å². The van der Waals surface area contributed by atoms with E-state index in [-0.39, 0.29) is 11.7 Å². The van der Waals surface area contributed by atoms with E-state index in [0.717, 1.165) is 33.0 Å². The molecule has 4 nitrogen and oxygen atoms in total. The smallest absolute Gasteiger partial charge is 0.263 e. The van der Waals surface area contributed by atoms with Gasteiger partial charge >= 0.3 is 0 Å². The number of amides is 1. The first kappa shape index (κ1) is 22.1. The maximum Gasteiger partial charge on any atom is 0.263 e. The van der Waals surface area contributed by atoms with Crippen molar-refractivity contribution in [1.29, 1.82) is 0 Å². The molecule has 3 aromatic carbocycles. The molecule has 0 unspecified atom stereocenters. The number of carbonyl (C=O) groups is 1. The molecule has 0 radical (unpaired) electrons. The summed E-state index contributed by atoms with van der Waals surface area (Å²) in [5, 5.41) is 6.70. The van der Waals surface area contributed by atoms with Crippen LogP contribution >= 0.6 is 22.7 Å². The average Bonchev–Trinajstić information content (AvgIpc) is 3.51. The summed E-state index contributed by atoms with van der Waals surface area (Å²) in [7, 11) is 0. The van der Waals surface area contributed by atoms with Crippen LogP contribution < -0.4 is 5.32 Å². The molecule has 0 saturated heterocycles. The van der Waals surface area contributed by atoms with Crippen LogP contribution in [-0.2, 0) is 6.54 Å². The normalized spacial score (nSPS) is 10.9. The zero-order valence-electron chi connectivity index (χ0n) is 18.3. The first-order valence-corrected chi connectivity index (χ1v) is 12.4. The minimum absolute atomic E-state index is 0.167. The number of hydrogen-bond donors (Lipinski definition) is 1. The van der Waals surface area contributed by atoms with Gasteiger partial charge in [0, 0.05) is 28.6 Å². The third-order valence-corrected chi connectivity index (χ3v) is 7.42. The van der Waals surface area contributed by atoms with E-state index in [9.17, 15) is 9.18 Å². The lowest BCUT2D eigenvalue weighted by molar-refractivity contribution is 0.0954. The quantitative estimate of drug-likeness (QED) is 0.282. The third-order valence-electron chi connectivity index (χ3n) is 5.32. The van der Waals surface area contributed by atoms with E-state index in [1.807, 2.05) is 49.4 Å². The van der Waals surface area contributed by atoms with Crippen molar-refractivity contribution < 1.29 is 9.18 Å². The molecule has 0 aliphatic heterocycles. The maximum atomic E-state index is 13.2. The standard InChI is InChI=1S/C27H20FN3OS2/c1-17-24(34-27(30-17)21-11-13-22(28)14-12-21)25(32)29-15-18-7-9-20(10-8-18)26-31-23(16-33-26)19-5-3-2-4-6-19/h2-14,16H,15H2,1H3,(H,29,32). The second-order valence-corrected chi connectivity index (χ2v) is 9.58. The summed E-state index contributed by atoms with van der Waals surface area (Å²) in [6.45, 7) is 2.22. The molecule has 0 fully saturated rings. The predicted octanol–water partition coefficient (Wildman–Crippen LogP) is 6.98. The summed E-state index contributed by atoms with van der Waals surface area (Å²) >= 11 is 2.92. The number of carbonyl (C=O) groups excluding carboxylic acids is 1. The van der Waals surface area contributed by atoms with E-state index >= 15 is 0 Å². The number of hydrogen-bond acceptors (Lipinski definition) is 5. The second kappa shape index (κ2) is 9.67. The van der Waals surface area contributed by atoms with Crippen molar-refractivity contribution in [2.45, 2.75) is 13.5 Å². The molecule has 34 heavy (non-hydrogen) atoms. The first-order chi connectivity index (χ1) is 16.6. The number of nitrogens with zero attached hydrogens (tertiary/aromatic N) is 2. The number of benzene rings is 3. The van der Waals surface area contributed by atoms with Gasteiger partial charge in [0.15, 0.2) is 0 Å². The van der Waals surface area contributed by atoms with E-state index in [4.69, 9.17) is 4.98 Å². The van der Waals surface area contributed by atoms with Crippen molar-refractivity contribution in [3.63, 3.8) is 0 Å². The van der Waals surface area contributed by atoms with Crippen LogP contribution in [-0.4, -0.2) is 15.9 Å². The summed E-state index contributed by atoms with van der Waals surface area (Å²) in [6.07, 6.45) is 0. The highest BCUT2D eigenvalue weighted by molar-refractivity contribution is 7.17. The van der Waals surface area contributed by atoms with Crippen molar-refractivity contribution in [3.05, 3.63) is 106 Å². The number of aromatic nitrogens is 2. The Kier molecular flexibility index (Phi) is 6.29. The molecule has 2 heterocycles. The summed E-state index contributed by atoms with van der Waals surface area (Å²) in [5.41, 5.74) is 5.57. The SMILES string of the molecule is Cc1nc(-c2ccc(F)cc2)sc1C(=O)NCc1ccc(-c2nc(-c3ccccc3)cs2)cc1. The first-order valence-electron chi connectivity index (χ1n) is 10.7. The molecular weight excluding hydrogens is 465 g/mol. The van der Waals surface area contributed by atoms with E-state index in [0.29, 0.717) is 22.1 Å². The fraction of sp³-hybridized carbons (Fsp3) is 0.0741. The van der Waals surface area contributed by atoms with Gasteiger partial charge in [-0.15, -0.1) is 22.7 Å². The molecule has 7 heteroatoms. The van der Waals surface area contributed by atoms with E-state index in [1.165, 1.54) is 23.5 Å². The summed E-state index contributed by atoms with van der Waals surface area (Å²) in [5.74, 6) is -0.465. The molecule has 0 spiro atoms. The second-order valence-electron chi connectivity index (χ2n) is 7.72. The topological polar surface area (TPSA) is 54.9 Å². The average molecular weight is 486 g/mol. The fourth-order valence-electron chi connectivity index (χ4n) is 3.50. The molecule has 0 saturated carbocycles. The molecule has 0 aliphatic carbocycles. The van der Waals surface area contributed by atoms with Crippen molar-refractivity contribution in [3.8, 4) is 32.4 Å². The molecule has 1 amide bonds. The molecule has 0 bridgehead atoms. The van der Waals surface area contributed by atoms with Gasteiger partial charge in [-0.2, -0.15) is 0 Å². The lowest BCUT2D eigenvalue weighted by atomic mass is 10.1. The van der Waals surface area contributed by atoms with Crippen molar-refractivity contribution in [2.24, 2.45) is 0 Å². The van der Waals surface area contributed by atoms with Crippen LogP contribution in [0.4, 0.5) is 4.39 Å². The Hall–Kier alpha value is -3.68. The molecule has 5 rings (SSSR count). The van der Waals surface area contributed by atoms with Crippen LogP contribution in [0.15, 0.2) is 84.2 Å². The third kappa shape index (κ3) is 4.81. The van der Waals surface area contributed by atoms with Crippen LogP contribution in [0, 0.1) is 12.7 Å². The van der Waals surface area contributed by atoms with Gasteiger partial charge < -0.3 is 5.32 Å². The summed E-state index contributed by atoms with van der Waals surface area (Å²) in [6, 6.07) is 24.3. The molecule has 0 aliphatic rings. The van der Waals surface area contributed by atoms with Crippen LogP contribution in [0.25, 0.3) is 32.4 Å². The zero-order chi connectivity index (χ0) is 23.5. The van der Waals surface area contributed by atoms with E-state index in [1.54, 1.807) is 23.5 Å². The Morgan fingerprint density at radius 1 is 0.853 bits per heavy atom. The number of rotatable bonds is 6. The Morgan fingerprint density at radius 3 is 2.26 bits per heavy atom. The molecule has 1 N–H and O–H groups in total. The molecule has 168 valence electrons. The van der Waals surface area contributed by atoms with Crippen molar-refractivity contribution >= 4 is 28.6 Å². The Balaban J connectivity index is 1.24. The molecular formula is C27H20FN3OS2. The monoisotopic (exact) mass is 485 g/mol. The highest BCUT2D eigenvalue weighted by Gasteiger charge is 2.16. The molecule has 2 aromatic heterocycles. The Labute approximate surface area is 204 Å². The zero-order valence-corrected chi connectivity index (χ0v) is 19.9. The van der Waals surface area contributed by atoms with Gasteiger partial charge in [-0.3, -0.25) is 4.79 Å². The Morgan fingerprint density at radius 2 is 1.53 bits per heavy atom. The van der Waals surface area contributed by atoms with Gasteiger partial charge in [0.2, 0.25) is 0 Å². The van der Waals surface area contributed by atoms with Gasteiger partial charge in [-0.05, 0) is 36.8 Å². The molecule has 0 atom stereocenters. The van der Waals surface area contributed by atoms with Gasteiger partial charge in [0.1, 0.15) is 20.7 Å². The Bertz CT molecular complexity index is 1430. The van der Waals surface area contributed by atoms with E-state index < -0.39 is 0 Å². The predicted molar refractivity (Wildman–Crippen MR) is 136 cm³/mol. The maximum absolute atomic E-state index is 13.2. The highest BCUT2D eigenvalue weighted by Crippen LogP contribution is 2.30. The minimum atomic E-state index is -0.299. The van der Waals surface area contributed by atoms with Gasteiger partial charge in [0.05, 0.1) is 11.4 Å². The lowest BCUT2D eigenvalue weighted by Gasteiger charge is -2.05. The number of nitrogens with one attached hydrogen (secondary N) is 1. The lowest BCUT2D eigenvalue weighted by Crippen LogP contribution is -2.22. The minimum Gasteiger partial charge on any atom is -0.347 e. The van der Waals surface area contributed by atoms with Gasteiger partial charge in [0.25, 0.3) is 5.91 Å². The fourth-order valence-corrected chi connectivity index (χ4v) is 5.32. The van der Waals surface area contributed by atoms with Gasteiger partial charge in [-0.1, -0.05) is 54.6 Å².